The SMILES string of the molecule is COc1ccc2nc(N3C(=O)C(=O)/C(=C(/O)c4ccc(C)cc4)C3c3ccc(OC)c(OC)c3)sc2c1. The second kappa shape index (κ2) is 9.59. The van der Waals surface area contributed by atoms with Gasteiger partial charge in [0.2, 0.25) is 0 Å². The van der Waals surface area contributed by atoms with Gasteiger partial charge in [0.25, 0.3) is 5.78 Å². The first-order chi connectivity index (χ1) is 17.9. The summed E-state index contributed by atoms with van der Waals surface area (Å²) in [5.74, 6) is -0.262. The van der Waals surface area contributed by atoms with E-state index >= 15 is 0 Å². The number of amides is 1. The fraction of sp³-hybridized carbons (Fsp3) is 0.179. The number of ether oxygens (including phenoxy) is 3. The highest BCUT2D eigenvalue weighted by molar-refractivity contribution is 7.22. The summed E-state index contributed by atoms with van der Waals surface area (Å²) in [6, 6.07) is 16.7. The fourth-order valence-corrected chi connectivity index (χ4v) is 5.38. The Hall–Kier alpha value is -4.37. The lowest BCUT2D eigenvalue weighted by molar-refractivity contribution is -0.132. The van der Waals surface area contributed by atoms with Crippen LogP contribution in [0.15, 0.2) is 66.2 Å². The molecule has 1 N–H and O–H groups in total. The standard InChI is InChI=1S/C28H24N2O6S/c1-15-5-7-16(8-6-15)25(31)23-24(17-9-12-20(35-3)21(13-17)36-4)30(27(33)26(23)32)28-29-19-11-10-18(34-2)14-22(19)37-28/h5-14,24,31H,1-4H3/b25-23+. The Labute approximate surface area is 217 Å². The van der Waals surface area contributed by atoms with E-state index < -0.39 is 17.7 Å². The molecule has 4 aromatic rings. The molecular formula is C28H24N2O6S. The van der Waals surface area contributed by atoms with Crippen molar-refractivity contribution in [3.05, 3.63) is 82.9 Å². The molecule has 1 unspecified atom stereocenters. The van der Waals surface area contributed by atoms with Crippen molar-refractivity contribution >= 4 is 44.1 Å². The summed E-state index contributed by atoms with van der Waals surface area (Å²) in [5, 5.41) is 11.6. The van der Waals surface area contributed by atoms with E-state index in [0.717, 1.165) is 10.3 Å². The Balaban J connectivity index is 1.73. The third-order valence-electron chi connectivity index (χ3n) is 6.28. The summed E-state index contributed by atoms with van der Waals surface area (Å²) in [5.41, 5.74) is 2.62. The highest BCUT2D eigenvalue weighted by Crippen LogP contribution is 2.46. The molecule has 1 aliphatic heterocycles. The van der Waals surface area contributed by atoms with Crippen LogP contribution in [0.5, 0.6) is 17.2 Å². The molecule has 1 amide bonds. The average molecular weight is 517 g/mol. The van der Waals surface area contributed by atoms with Crippen LogP contribution < -0.4 is 19.1 Å². The number of nitrogens with zero attached hydrogens (tertiary/aromatic N) is 2. The van der Waals surface area contributed by atoms with Crippen molar-refractivity contribution in [3.8, 4) is 17.2 Å². The van der Waals surface area contributed by atoms with Crippen molar-refractivity contribution in [1.82, 2.24) is 4.98 Å². The largest absolute Gasteiger partial charge is 0.507 e. The molecule has 0 bridgehead atoms. The maximum Gasteiger partial charge on any atom is 0.301 e. The maximum atomic E-state index is 13.5. The number of Topliss-reactive ketones (excluding diaryl/α,β-unsaturated/α-hetero) is 1. The van der Waals surface area contributed by atoms with Gasteiger partial charge in [0, 0.05) is 5.56 Å². The van der Waals surface area contributed by atoms with Crippen LogP contribution in [0.2, 0.25) is 0 Å². The highest BCUT2D eigenvalue weighted by atomic mass is 32.1. The summed E-state index contributed by atoms with van der Waals surface area (Å²) < 4.78 is 17.0. The molecule has 1 aliphatic rings. The molecular weight excluding hydrogens is 492 g/mol. The molecule has 1 fully saturated rings. The number of rotatable bonds is 6. The number of thiazole rings is 1. The predicted octanol–water partition coefficient (Wildman–Crippen LogP) is 5.26. The summed E-state index contributed by atoms with van der Waals surface area (Å²) in [6.07, 6.45) is 0. The van der Waals surface area contributed by atoms with E-state index in [4.69, 9.17) is 14.2 Å². The molecule has 0 aliphatic carbocycles. The Morgan fingerprint density at radius 3 is 2.32 bits per heavy atom. The van der Waals surface area contributed by atoms with E-state index in [2.05, 4.69) is 4.98 Å². The second-order valence-electron chi connectivity index (χ2n) is 8.48. The van der Waals surface area contributed by atoms with Crippen LogP contribution in [0.3, 0.4) is 0 Å². The lowest BCUT2D eigenvalue weighted by atomic mass is 9.95. The zero-order chi connectivity index (χ0) is 26.3. The van der Waals surface area contributed by atoms with E-state index in [9.17, 15) is 14.7 Å². The molecule has 2 heterocycles. The maximum absolute atomic E-state index is 13.5. The van der Waals surface area contributed by atoms with Gasteiger partial charge in [-0.3, -0.25) is 14.5 Å². The number of hydrogen-bond donors (Lipinski definition) is 1. The van der Waals surface area contributed by atoms with Gasteiger partial charge in [0.15, 0.2) is 16.6 Å². The molecule has 0 saturated carbocycles. The first kappa shape index (κ1) is 24.3. The highest BCUT2D eigenvalue weighted by Gasteiger charge is 2.48. The van der Waals surface area contributed by atoms with Gasteiger partial charge in [-0.2, -0.15) is 0 Å². The van der Waals surface area contributed by atoms with E-state index in [1.54, 1.807) is 49.6 Å². The van der Waals surface area contributed by atoms with E-state index in [1.165, 1.54) is 30.5 Å². The van der Waals surface area contributed by atoms with Crippen LogP contribution in [0.4, 0.5) is 5.13 Å². The van der Waals surface area contributed by atoms with Crippen LogP contribution in [0.1, 0.15) is 22.7 Å². The normalized spacial score (nSPS) is 16.9. The van der Waals surface area contributed by atoms with Crippen LogP contribution in [0, 0.1) is 6.92 Å². The van der Waals surface area contributed by atoms with Crippen molar-refractivity contribution in [3.63, 3.8) is 0 Å². The summed E-state index contributed by atoms with van der Waals surface area (Å²) in [4.78, 5) is 32.9. The number of benzene rings is 3. The number of aryl methyl sites for hydroxylation is 1. The van der Waals surface area contributed by atoms with Gasteiger partial charge in [-0.15, -0.1) is 0 Å². The Kier molecular flexibility index (Phi) is 6.31. The van der Waals surface area contributed by atoms with E-state index in [1.807, 2.05) is 25.1 Å². The van der Waals surface area contributed by atoms with Crippen LogP contribution in [-0.2, 0) is 9.59 Å². The number of hydrogen-bond acceptors (Lipinski definition) is 8. The number of aliphatic hydroxyl groups excluding tert-OH is 1. The Morgan fingerprint density at radius 1 is 0.919 bits per heavy atom. The van der Waals surface area contributed by atoms with Gasteiger partial charge in [-0.1, -0.05) is 47.2 Å². The summed E-state index contributed by atoms with van der Waals surface area (Å²) >= 11 is 1.26. The number of carbonyl (C=O) groups is 2. The van der Waals surface area contributed by atoms with Gasteiger partial charge < -0.3 is 19.3 Å². The minimum absolute atomic E-state index is 0.0297. The van der Waals surface area contributed by atoms with Crippen LogP contribution >= 0.6 is 11.3 Å². The number of fused-ring (bicyclic) bond motifs is 1. The summed E-state index contributed by atoms with van der Waals surface area (Å²) in [7, 11) is 4.60. The van der Waals surface area contributed by atoms with Crippen molar-refractivity contribution in [2.45, 2.75) is 13.0 Å². The first-order valence-electron chi connectivity index (χ1n) is 11.4. The van der Waals surface area contributed by atoms with E-state index in [0.29, 0.717) is 39.0 Å². The number of methoxy groups -OCH3 is 3. The quantitative estimate of drug-likeness (QED) is 0.212. The molecule has 0 spiro atoms. The second-order valence-corrected chi connectivity index (χ2v) is 9.49. The van der Waals surface area contributed by atoms with Gasteiger partial charge in [0.05, 0.1) is 43.2 Å². The van der Waals surface area contributed by atoms with Gasteiger partial charge >= 0.3 is 5.91 Å². The molecule has 1 aromatic heterocycles. The monoisotopic (exact) mass is 516 g/mol. The molecule has 1 saturated heterocycles. The minimum atomic E-state index is -0.941. The zero-order valence-electron chi connectivity index (χ0n) is 20.6. The Morgan fingerprint density at radius 2 is 1.65 bits per heavy atom. The lowest BCUT2D eigenvalue weighted by Gasteiger charge is -2.23. The lowest BCUT2D eigenvalue weighted by Crippen LogP contribution is -2.29. The third kappa shape index (κ3) is 4.17. The van der Waals surface area contributed by atoms with Crippen molar-refractivity contribution in [2.75, 3.05) is 26.2 Å². The average Bonchev–Trinajstić information content (AvgIpc) is 3.45. The summed E-state index contributed by atoms with van der Waals surface area (Å²) in [6.45, 7) is 1.93. The molecule has 8 nitrogen and oxygen atoms in total. The van der Waals surface area contributed by atoms with Crippen molar-refractivity contribution < 1.29 is 28.9 Å². The number of anilines is 1. The molecule has 188 valence electrons. The smallest absolute Gasteiger partial charge is 0.301 e. The molecule has 37 heavy (non-hydrogen) atoms. The van der Waals surface area contributed by atoms with Gasteiger partial charge in [0.1, 0.15) is 11.5 Å². The Bertz CT molecular complexity index is 1560. The third-order valence-corrected chi connectivity index (χ3v) is 7.30. The molecule has 5 rings (SSSR count). The predicted molar refractivity (Wildman–Crippen MR) is 142 cm³/mol. The minimum Gasteiger partial charge on any atom is -0.507 e. The van der Waals surface area contributed by atoms with Crippen LogP contribution in [-0.4, -0.2) is 43.1 Å². The zero-order valence-corrected chi connectivity index (χ0v) is 21.5. The molecule has 9 heteroatoms. The molecule has 0 radical (unpaired) electrons. The number of aliphatic hydroxyl groups is 1. The van der Waals surface area contributed by atoms with Crippen LogP contribution in [0.25, 0.3) is 16.0 Å². The van der Waals surface area contributed by atoms with Crippen molar-refractivity contribution in [2.24, 2.45) is 0 Å². The van der Waals surface area contributed by atoms with E-state index in [-0.39, 0.29) is 11.3 Å². The number of aromatic nitrogens is 1. The van der Waals surface area contributed by atoms with Crippen molar-refractivity contribution in [1.29, 1.82) is 0 Å². The van der Waals surface area contributed by atoms with Gasteiger partial charge in [-0.25, -0.2) is 4.98 Å². The molecule has 1 atom stereocenters. The first-order valence-corrected chi connectivity index (χ1v) is 12.2. The number of carbonyl (C=O) groups excluding carboxylic acids is 2. The molecule has 3 aromatic carbocycles. The van der Waals surface area contributed by atoms with Gasteiger partial charge in [-0.05, 0) is 42.8 Å². The fourth-order valence-electron chi connectivity index (χ4n) is 4.36. The number of ketones is 1. The topological polar surface area (TPSA) is 98.2 Å².